The molecule has 27 heavy (non-hydrogen) atoms. The normalized spacial score (nSPS) is 12.1. The molecule has 0 aliphatic carbocycles. The van der Waals surface area contributed by atoms with Crippen molar-refractivity contribution >= 4 is 39.2 Å². The van der Waals surface area contributed by atoms with E-state index in [1.54, 1.807) is 23.1 Å². The quantitative estimate of drug-likeness (QED) is 0.608. The molecular formula is C22H26N2OS2. The molecule has 0 N–H and O–H groups in total. The zero-order chi connectivity index (χ0) is 19.6. The van der Waals surface area contributed by atoms with Crippen LogP contribution in [0.4, 0.5) is 0 Å². The summed E-state index contributed by atoms with van der Waals surface area (Å²) >= 11 is 3.42. The molecule has 142 valence electrons. The molecule has 3 nitrogen and oxygen atoms in total. The van der Waals surface area contributed by atoms with E-state index < -0.39 is 0 Å². The Balaban J connectivity index is 2.01. The van der Waals surface area contributed by atoms with Crippen LogP contribution in [0.2, 0.25) is 0 Å². The van der Waals surface area contributed by atoms with E-state index in [4.69, 9.17) is 0 Å². The third-order valence-electron chi connectivity index (χ3n) is 4.88. The van der Waals surface area contributed by atoms with Crippen LogP contribution in [0.25, 0.3) is 10.2 Å². The molecular weight excluding hydrogens is 372 g/mol. The number of amides is 1. The Kier molecular flexibility index (Phi) is 6.22. The van der Waals surface area contributed by atoms with Crippen molar-refractivity contribution in [2.24, 2.45) is 4.99 Å². The summed E-state index contributed by atoms with van der Waals surface area (Å²) in [6, 6.07) is 10.6. The first-order valence-corrected chi connectivity index (χ1v) is 11.3. The van der Waals surface area contributed by atoms with Gasteiger partial charge < -0.3 is 4.57 Å². The number of hydrogen-bond acceptors (Lipinski definition) is 3. The number of thioether (sulfide) groups is 1. The van der Waals surface area contributed by atoms with Crippen molar-refractivity contribution in [3.63, 3.8) is 0 Å². The highest BCUT2D eigenvalue weighted by Crippen LogP contribution is 2.22. The number of nitrogens with zero attached hydrogens (tertiary/aromatic N) is 2. The monoisotopic (exact) mass is 398 g/mol. The van der Waals surface area contributed by atoms with Gasteiger partial charge in [-0.25, -0.2) is 0 Å². The molecule has 1 heterocycles. The van der Waals surface area contributed by atoms with E-state index in [9.17, 15) is 4.79 Å². The predicted octanol–water partition coefficient (Wildman–Crippen LogP) is 4.97. The summed E-state index contributed by atoms with van der Waals surface area (Å²) in [4.78, 5) is 18.0. The molecule has 2 aromatic carbocycles. The highest BCUT2D eigenvalue weighted by molar-refractivity contribution is 7.98. The van der Waals surface area contributed by atoms with Crippen LogP contribution in [0.1, 0.15) is 27.8 Å². The molecule has 0 unspecified atom stereocenters. The van der Waals surface area contributed by atoms with E-state index in [-0.39, 0.29) is 5.91 Å². The van der Waals surface area contributed by atoms with Crippen molar-refractivity contribution in [3.8, 4) is 0 Å². The second-order valence-corrected chi connectivity index (χ2v) is 9.04. The minimum absolute atomic E-state index is 0.0835. The van der Waals surface area contributed by atoms with Crippen LogP contribution in [0.3, 0.4) is 0 Å². The van der Waals surface area contributed by atoms with Gasteiger partial charge in [0, 0.05) is 12.3 Å². The summed E-state index contributed by atoms with van der Waals surface area (Å²) in [5, 5.41) is 0. The summed E-state index contributed by atoms with van der Waals surface area (Å²) in [5.41, 5.74) is 7.13. The Bertz CT molecular complexity index is 1060. The first kappa shape index (κ1) is 19.9. The second kappa shape index (κ2) is 8.44. The number of aryl methyl sites for hydroxylation is 5. The van der Waals surface area contributed by atoms with Crippen molar-refractivity contribution in [1.82, 2.24) is 4.57 Å². The minimum atomic E-state index is -0.0835. The molecule has 1 aromatic heterocycles. The maximum Gasteiger partial charge on any atom is 0.252 e. The van der Waals surface area contributed by atoms with Gasteiger partial charge in [0.2, 0.25) is 0 Å². The van der Waals surface area contributed by atoms with Crippen LogP contribution >= 0.6 is 23.1 Å². The maximum atomic E-state index is 12.7. The summed E-state index contributed by atoms with van der Waals surface area (Å²) in [7, 11) is 0. The van der Waals surface area contributed by atoms with E-state index in [0.29, 0.717) is 6.42 Å². The van der Waals surface area contributed by atoms with Crippen molar-refractivity contribution in [3.05, 3.63) is 63.0 Å². The molecule has 3 rings (SSSR count). The molecule has 5 heteroatoms. The average Bonchev–Trinajstić information content (AvgIpc) is 2.92. The second-order valence-electron chi connectivity index (χ2n) is 7.05. The molecule has 0 bridgehead atoms. The Labute approximate surface area is 169 Å². The van der Waals surface area contributed by atoms with Gasteiger partial charge in [0.25, 0.3) is 5.91 Å². The largest absolute Gasteiger partial charge is 0.316 e. The van der Waals surface area contributed by atoms with Crippen LogP contribution in [0, 0.1) is 27.7 Å². The lowest BCUT2D eigenvalue weighted by atomic mass is 10.0. The Morgan fingerprint density at radius 1 is 1.07 bits per heavy atom. The fraction of sp³-hybridized carbons (Fsp3) is 0.364. The van der Waals surface area contributed by atoms with Crippen molar-refractivity contribution < 1.29 is 4.79 Å². The Morgan fingerprint density at radius 3 is 2.52 bits per heavy atom. The van der Waals surface area contributed by atoms with E-state index >= 15 is 0 Å². The summed E-state index contributed by atoms with van der Waals surface area (Å²) in [6.45, 7) is 9.24. The first-order valence-electron chi connectivity index (χ1n) is 9.12. The van der Waals surface area contributed by atoms with Gasteiger partial charge >= 0.3 is 0 Å². The third-order valence-corrected chi connectivity index (χ3v) is 6.51. The molecule has 3 aromatic rings. The number of hydrogen-bond donors (Lipinski definition) is 0. The lowest BCUT2D eigenvalue weighted by Gasteiger charge is -2.06. The molecule has 1 amide bonds. The van der Waals surface area contributed by atoms with Crippen LogP contribution in [0.15, 0.2) is 35.3 Å². The molecule has 0 spiro atoms. The molecule has 0 saturated carbocycles. The molecule has 0 radical (unpaired) electrons. The van der Waals surface area contributed by atoms with Crippen LogP contribution in [-0.2, 0) is 17.8 Å². The molecule has 0 aliphatic rings. The van der Waals surface area contributed by atoms with E-state index in [1.165, 1.54) is 26.9 Å². The zero-order valence-corrected chi connectivity index (χ0v) is 18.3. The van der Waals surface area contributed by atoms with Crippen LogP contribution < -0.4 is 4.80 Å². The third kappa shape index (κ3) is 4.53. The van der Waals surface area contributed by atoms with E-state index in [0.717, 1.165) is 28.2 Å². The van der Waals surface area contributed by atoms with Crippen LogP contribution in [0.5, 0.6) is 0 Å². The number of benzene rings is 2. The van der Waals surface area contributed by atoms with Crippen LogP contribution in [-0.4, -0.2) is 22.5 Å². The van der Waals surface area contributed by atoms with Gasteiger partial charge in [0.05, 0.1) is 16.6 Å². The molecule has 0 aliphatic heterocycles. The lowest BCUT2D eigenvalue weighted by molar-refractivity contribution is -0.117. The number of fused-ring (bicyclic) bond motifs is 1. The SMILES string of the molecule is CSCCn1c(=NC(=O)Cc2ccc(C)cc2C)sc2cc(C)c(C)cc21. The van der Waals surface area contributed by atoms with E-state index in [2.05, 4.69) is 67.8 Å². The van der Waals surface area contributed by atoms with E-state index in [1.807, 2.05) is 6.07 Å². The van der Waals surface area contributed by atoms with Gasteiger partial charge in [0.1, 0.15) is 0 Å². The van der Waals surface area contributed by atoms with Gasteiger partial charge in [-0.2, -0.15) is 16.8 Å². The standard InChI is InChI=1S/C22H26N2OS2/c1-14-6-7-18(17(4)10-14)13-21(25)23-22-24(8-9-26-5)19-11-15(2)16(3)12-20(19)27-22/h6-7,10-12H,8-9,13H2,1-5H3. The Hall–Kier alpha value is -1.85. The number of thiazole rings is 1. The van der Waals surface area contributed by atoms with Gasteiger partial charge in [-0.3, -0.25) is 4.79 Å². The summed E-state index contributed by atoms with van der Waals surface area (Å²) < 4.78 is 3.39. The smallest absolute Gasteiger partial charge is 0.252 e. The zero-order valence-electron chi connectivity index (χ0n) is 16.6. The topological polar surface area (TPSA) is 34.4 Å². The minimum Gasteiger partial charge on any atom is -0.316 e. The highest BCUT2D eigenvalue weighted by atomic mass is 32.2. The Morgan fingerprint density at radius 2 is 1.81 bits per heavy atom. The highest BCUT2D eigenvalue weighted by Gasteiger charge is 2.11. The average molecular weight is 399 g/mol. The van der Waals surface area contributed by atoms with Crippen molar-refractivity contribution in [2.45, 2.75) is 40.7 Å². The lowest BCUT2D eigenvalue weighted by Crippen LogP contribution is -2.19. The predicted molar refractivity (Wildman–Crippen MR) is 118 cm³/mol. The summed E-state index contributed by atoms with van der Waals surface area (Å²) in [6.07, 6.45) is 2.45. The van der Waals surface area contributed by atoms with Gasteiger partial charge in [-0.1, -0.05) is 35.1 Å². The fourth-order valence-electron chi connectivity index (χ4n) is 3.16. The van der Waals surface area contributed by atoms with Crippen molar-refractivity contribution in [1.29, 1.82) is 0 Å². The summed E-state index contributed by atoms with van der Waals surface area (Å²) in [5.74, 6) is 0.914. The number of carbonyl (C=O) groups excluding carboxylic acids is 1. The first-order chi connectivity index (χ1) is 12.9. The maximum absolute atomic E-state index is 12.7. The van der Waals surface area contributed by atoms with Gasteiger partial charge in [0.15, 0.2) is 4.80 Å². The molecule has 0 saturated heterocycles. The number of aromatic nitrogens is 1. The number of rotatable bonds is 5. The molecule has 0 atom stereocenters. The van der Waals surface area contributed by atoms with Crippen molar-refractivity contribution in [2.75, 3.05) is 12.0 Å². The fourth-order valence-corrected chi connectivity index (χ4v) is 4.68. The van der Waals surface area contributed by atoms with Gasteiger partial charge in [-0.15, -0.1) is 0 Å². The number of carbonyl (C=O) groups is 1. The van der Waals surface area contributed by atoms with Gasteiger partial charge in [-0.05, 0) is 68.3 Å². The molecule has 0 fully saturated rings.